The van der Waals surface area contributed by atoms with Crippen LogP contribution in [0.3, 0.4) is 0 Å². The lowest BCUT2D eigenvalue weighted by molar-refractivity contribution is 0.0225. The van der Waals surface area contributed by atoms with Gasteiger partial charge in [-0.15, -0.1) is 0 Å². The Labute approximate surface area is 181 Å². The monoisotopic (exact) mass is 410 g/mol. The van der Waals surface area contributed by atoms with Gasteiger partial charge in [-0.3, -0.25) is 4.90 Å². The molecule has 4 fully saturated rings. The first-order chi connectivity index (χ1) is 14.5. The van der Waals surface area contributed by atoms with Crippen LogP contribution in [0.15, 0.2) is 30.3 Å². The zero-order chi connectivity index (χ0) is 20.8. The first-order valence-electron chi connectivity index (χ1n) is 12.1. The third-order valence-electron chi connectivity index (χ3n) is 8.58. The minimum Gasteiger partial charge on any atom is -0.319 e. The van der Waals surface area contributed by atoms with Gasteiger partial charge in [0.15, 0.2) is 0 Å². The van der Waals surface area contributed by atoms with E-state index in [1.807, 2.05) is 0 Å². The Morgan fingerprint density at radius 3 is 2.27 bits per heavy atom. The molecule has 1 N–H and O–H groups in total. The predicted octanol–water partition coefficient (Wildman–Crippen LogP) is 3.66. The van der Waals surface area contributed by atoms with Crippen LogP contribution in [0.1, 0.15) is 56.9 Å². The average Bonchev–Trinajstić information content (AvgIpc) is 3.57. The molecule has 0 bridgehead atoms. The molecule has 5 nitrogen and oxygen atoms in total. The van der Waals surface area contributed by atoms with Crippen molar-refractivity contribution < 1.29 is 4.79 Å². The molecule has 2 aliphatic carbocycles. The van der Waals surface area contributed by atoms with Crippen LogP contribution in [0.25, 0.3) is 0 Å². The van der Waals surface area contributed by atoms with Gasteiger partial charge in [-0.1, -0.05) is 30.3 Å². The second-order valence-electron chi connectivity index (χ2n) is 10.5. The number of carbonyl (C=O) groups is 1. The molecule has 4 aliphatic rings. The number of urea groups is 1. The van der Waals surface area contributed by atoms with E-state index >= 15 is 0 Å². The summed E-state index contributed by atoms with van der Waals surface area (Å²) in [6.45, 7) is 4.02. The molecule has 5 rings (SSSR count). The number of rotatable bonds is 5. The fourth-order valence-corrected chi connectivity index (χ4v) is 6.36. The summed E-state index contributed by atoms with van der Waals surface area (Å²) in [5.74, 6) is 0.744. The lowest BCUT2D eigenvalue weighted by Crippen LogP contribution is -2.55. The Bertz CT molecular complexity index is 746. The third-order valence-corrected chi connectivity index (χ3v) is 8.58. The maximum Gasteiger partial charge on any atom is 0.320 e. The summed E-state index contributed by atoms with van der Waals surface area (Å²) in [7, 11) is 4.46. The molecule has 30 heavy (non-hydrogen) atoms. The molecule has 2 saturated heterocycles. The van der Waals surface area contributed by atoms with Crippen LogP contribution < -0.4 is 5.32 Å². The second-order valence-corrected chi connectivity index (χ2v) is 10.5. The molecule has 2 saturated carbocycles. The Hall–Kier alpha value is -1.59. The number of hydrogen-bond donors (Lipinski definition) is 1. The van der Waals surface area contributed by atoms with E-state index in [2.05, 4.69) is 64.4 Å². The highest BCUT2D eigenvalue weighted by molar-refractivity contribution is 5.79. The molecule has 1 aromatic carbocycles. The van der Waals surface area contributed by atoms with Crippen LogP contribution in [0, 0.1) is 5.92 Å². The van der Waals surface area contributed by atoms with Gasteiger partial charge in [0.25, 0.3) is 0 Å². The van der Waals surface area contributed by atoms with Crippen LogP contribution in [-0.4, -0.2) is 72.6 Å². The summed E-state index contributed by atoms with van der Waals surface area (Å²) < 4.78 is 0. The van der Waals surface area contributed by atoms with E-state index in [0.29, 0.717) is 12.1 Å². The quantitative estimate of drug-likeness (QED) is 0.805. The smallest absolute Gasteiger partial charge is 0.319 e. The van der Waals surface area contributed by atoms with E-state index in [9.17, 15) is 4.79 Å². The van der Waals surface area contributed by atoms with Crippen molar-refractivity contribution in [3.05, 3.63) is 35.9 Å². The number of benzene rings is 1. The summed E-state index contributed by atoms with van der Waals surface area (Å²) in [5.41, 5.74) is 1.56. The molecule has 164 valence electrons. The predicted molar refractivity (Wildman–Crippen MR) is 120 cm³/mol. The number of piperidine rings is 1. The van der Waals surface area contributed by atoms with Gasteiger partial charge in [0.2, 0.25) is 0 Å². The van der Waals surface area contributed by atoms with Gasteiger partial charge < -0.3 is 15.1 Å². The second kappa shape index (κ2) is 7.83. The van der Waals surface area contributed by atoms with Crippen LogP contribution in [0.2, 0.25) is 0 Å². The molecule has 0 unspecified atom stereocenters. The van der Waals surface area contributed by atoms with E-state index in [1.165, 1.54) is 18.4 Å². The van der Waals surface area contributed by atoms with Crippen molar-refractivity contribution in [2.75, 3.05) is 40.3 Å². The highest BCUT2D eigenvalue weighted by Crippen LogP contribution is 2.50. The fraction of sp³-hybridized carbons (Fsp3) is 0.720. The molecule has 1 aromatic rings. The van der Waals surface area contributed by atoms with Gasteiger partial charge in [-0.25, -0.2) is 4.79 Å². The van der Waals surface area contributed by atoms with Crippen LogP contribution in [-0.2, 0) is 5.54 Å². The number of amides is 2. The van der Waals surface area contributed by atoms with Crippen molar-refractivity contribution in [2.24, 2.45) is 5.92 Å². The van der Waals surface area contributed by atoms with Crippen molar-refractivity contribution in [3.8, 4) is 0 Å². The van der Waals surface area contributed by atoms with Crippen LogP contribution in [0.5, 0.6) is 0 Å². The van der Waals surface area contributed by atoms with Crippen molar-refractivity contribution in [3.63, 3.8) is 0 Å². The van der Waals surface area contributed by atoms with E-state index in [-0.39, 0.29) is 11.1 Å². The maximum atomic E-state index is 13.6. The van der Waals surface area contributed by atoms with Crippen LogP contribution in [0.4, 0.5) is 4.79 Å². The first-order valence-corrected chi connectivity index (χ1v) is 12.1. The van der Waals surface area contributed by atoms with Crippen LogP contribution >= 0.6 is 0 Å². The average molecular weight is 411 g/mol. The Morgan fingerprint density at radius 2 is 1.67 bits per heavy atom. The van der Waals surface area contributed by atoms with Crippen molar-refractivity contribution >= 4 is 6.03 Å². The summed E-state index contributed by atoms with van der Waals surface area (Å²) >= 11 is 0. The molecule has 5 heteroatoms. The SMILES string of the molecule is CN(C)C1(c2ccccc2)CCC2(CC1)CN(C1CCNCC1)C(=O)N2CC1CC1. The molecular formula is C25H38N4O. The van der Waals surface area contributed by atoms with Crippen molar-refractivity contribution in [1.82, 2.24) is 20.0 Å². The van der Waals surface area contributed by atoms with Gasteiger partial charge in [0, 0.05) is 24.7 Å². The number of nitrogens with zero attached hydrogens (tertiary/aromatic N) is 3. The van der Waals surface area contributed by atoms with E-state index in [1.54, 1.807) is 0 Å². The lowest BCUT2D eigenvalue weighted by Gasteiger charge is -2.51. The van der Waals surface area contributed by atoms with E-state index in [0.717, 1.165) is 70.6 Å². The Morgan fingerprint density at radius 1 is 1.00 bits per heavy atom. The van der Waals surface area contributed by atoms with Crippen molar-refractivity contribution in [1.29, 1.82) is 0 Å². The van der Waals surface area contributed by atoms with Gasteiger partial charge in [-0.2, -0.15) is 0 Å². The molecule has 0 radical (unpaired) electrons. The Kier molecular flexibility index (Phi) is 5.30. The van der Waals surface area contributed by atoms with Gasteiger partial charge in [-0.05, 0) is 90.0 Å². The van der Waals surface area contributed by atoms with E-state index in [4.69, 9.17) is 0 Å². The topological polar surface area (TPSA) is 38.8 Å². The third kappa shape index (κ3) is 3.44. The summed E-state index contributed by atoms with van der Waals surface area (Å²) in [6, 6.07) is 11.8. The molecule has 2 aliphatic heterocycles. The minimum absolute atomic E-state index is 0.0405. The maximum absolute atomic E-state index is 13.6. The summed E-state index contributed by atoms with van der Waals surface area (Å²) in [4.78, 5) is 20.7. The molecule has 0 aromatic heterocycles. The summed E-state index contributed by atoms with van der Waals surface area (Å²) in [6.07, 6.45) is 9.28. The number of nitrogens with one attached hydrogen (secondary N) is 1. The summed E-state index contributed by atoms with van der Waals surface area (Å²) in [5, 5.41) is 3.46. The number of hydrogen-bond acceptors (Lipinski definition) is 3. The van der Waals surface area contributed by atoms with Gasteiger partial charge in [0.1, 0.15) is 0 Å². The number of carbonyl (C=O) groups excluding carboxylic acids is 1. The van der Waals surface area contributed by atoms with Gasteiger partial charge in [0.05, 0.1) is 5.54 Å². The fourth-order valence-electron chi connectivity index (χ4n) is 6.36. The molecule has 2 heterocycles. The molecule has 2 amide bonds. The standard InChI is InChI=1S/C25H38N4O/c1-27(2)25(21-6-4-3-5-7-21)14-12-24(13-15-25)19-28(22-10-16-26-17-11-22)23(30)29(24)18-20-8-9-20/h3-7,20,22,26H,8-19H2,1-2H3. The molecular weight excluding hydrogens is 372 g/mol. The zero-order valence-electron chi connectivity index (χ0n) is 18.8. The zero-order valence-corrected chi connectivity index (χ0v) is 18.8. The van der Waals surface area contributed by atoms with Gasteiger partial charge >= 0.3 is 6.03 Å². The van der Waals surface area contributed by atoms with E-state index < -0.39 is 0 Å². The normalized spacial score (nSPS) is 33.1. The highest BCUT2D eigenvalue weighted by Gasteiger charge is 2.56. The molecule has 1 spiro atoms. The minimum atomic E-state index is 0.0405. The largest absolute Gasteiger partial charge is 0.320 e. The highest BCUT2D eigenvalue weighted by atomic mass is 16.2. The Balaban J connectivity index is 1.40. The first kappa shape index (κ1) is 20.3. The molecule has 0 atom stereocenters. The lowest BCUT2D eigenvalue weighted by atomic mass is 9.68. The van der Waals surface area contributed by atoms with Crippen molar-refractivity contribution in [2.45, 2.75) is 68.5 Å².